The van der Waals surface area contributed by atoms with E-state index in [2.05, 4.69) is 36.5 Å². The molecule has 1 aromatic heterocycles. The summed E-state index contributed by atoms with van der Waals surface area (Å²) in [6.07, 6.45) is 3.39. The van der Waals surface area contributed by atoms with Gasteiger partial charge >= 0.3 is 0 Å². The van der Waals surface area contributed by atoms with E-state index in [1.165, 1.54) is 0 Å². The predicted molar refractivity (Wildman–Crippen MR) is 72.4 cm³/mol. The Morgan fingerprint density at radius 3 is 3.00 bits per heavy atom. The molecule has 1 aliphatic rings. The van der Waals surface area contributed by atoms with Crippen molar-refractivity contribution in [2.75, 3.05) is 31.1 Å². The molecule has 0 spiro atoms. The number of likely N-dealkylation sites (N-methyl/N-ethyl adjacent to an activating group) is 1. The third kappa shape index (κ3) is 2.97. The zero-order valence-corrected chi connectivity index (χ0v) is 11.8. The van der Waals surface area contributed by atoms with Crippen LogP contribution < -0.4 is 15.5 Å². The summed E-state index contributed by atoms with van der Waals surface area (Å²) in [5.41, 5.74) is 0. The maximum atomic E-state index is 12.0. The van der Waals surface area contributed by atoms with E-state index in [0.717, 1.165) is 17.6 Å². The van der Waals surface area contributed by atoms with Crippen molar-refractivity contribution in [1.29, 1.82) is 0 Å². The normalized spacial score (nSPS) is 19.7. The highest BCUT2D eigenvalue weighted by Crippen LogP contribution is 2.15. The number of piperazine rings is 1. The van der Waals surface area contributed by atoms with Gasteiger partial charge in [0.05, 0.1) is 4.47 Å². The molecule has 1 aliphatic heterocycles. The van der Waals surface area contributed by atoms with E-state index in [1.807, 2.05) is 11.8 Å². The molecule has 2 N–H and O–H groups in total. The van der Waals surface area contributed by atoms with Gasteiger partial charge in [0, 0.05) is 38.6 Å². The molecule has 1 amide bonds. The quantitative estimate of drug-likeness (QED) is 0.831. The Morgan fingerprint density at radius 1 is 1.61 bits per heavy atom. The molecule has 1 fully saturated rings. The summed E-state index contributed by atoms with van der Waals surface area (Å²) in [6.45, 7) is 4.71. The fourth-order valence-electron chi connectivity index (χ4n) is 1.92. The molecule has 0 bridgehead atoms. The van der Waals surface area contributed by atoms with Gasteiger partial charge in [-0.1, -0.05) is 0 Å². The zero-order chi connectivity index (χ0) is 13.0. The molecule has 2 heterocycles. The molecule has 7 heteroatoms. The van der Waals surface area contributed by atoms with Gasteiger partial charge in [-0.3, -0.25) is 4.79 Å². The first-order chi connectivity index (χ1) is 8.72. The van der Waals surface area contributed by atoms with Crippen LogP contribution in [0.1, 0.15) is 6.92 Å². The number of anilines is 1. The molecule has 0 aromatic carbocycles. The Hall–Kier alpha value is -1.21. The van der Waals surface area contributed by atoms with Crippen LogP contribution in [-0.2, 0) is 4.79 Å². The Labute approximate surface area is 114 Å². The summed E-state index contributed by atoms with van der Waals surface area (Å²) in [7, 11) is 0. The molecule has 0 aliphatic carbocycles. The highest BCUT2D eigenvalue weighted by Gasteiger charge is 2.29. The standard InChI is InChI=1S/C11H16BrN5O/c1-2-14-10(18)9-7-13-3-4-17(9)11-15-5-8(12)6-16-11/h5-6,9,13H,2-4,7H2,1H3,(H,14,18). The molecule has 98 valence electrons. The van der Waals surface area contributed by atoms with Gasteiger partial charge in [-0.25, -0.2) is 9.97 Å². The average Bonchev–Trinajstić information content (AvgIpc) is 2.40. The molecule has 0 radical (unpaired) electrons. The second kappa shape index (κ2) is 6.10. The van der Waals surface area contributed by atoms with Crippen LogP contribution in [0.5, 0.6) is 0 Å². The van der Waals surface area contributed by atoms with Crippen molar-refractivity contribution in [2.24, 2.45) is 0 Å². The predicted octanol–water partition coefficient (Wildman–Crippen LogP) is 0.153. The Kier molecular flexibility index (Phi) is 4.48. The Balaban J connectivity index is 2.17. The van der Waals surface area contributed by atoms with Crippen molar-refractivity contribution in [1.82, 2.24) is 20.6 Å². The number of amides is 1. The van der Waals surface area contributed by atoms with Gasteiger partial charge in [0.15, 0.2) is 0 Å². The van der Waals surface area contributed by atoms with Crippen LogP contribution in [0.3, 0.4) is 0 Å². The minimum Gasteiger partial charge on any atom is -0.355 e. The molecule has 18 heavy (non-hydrogen) atoms. The summed E-state index contributed by atoms with van der Waals surface area (Å²) in [6, 6.07) is -0.250. The number of hydrogen-bond acceptors (Lipinski definition) is 5. The lowest BCUT2D eigenvalue weighted by Crippen LogP contribution is -2.58. The Bertz CT molecular complexity index is 410. The van der Waals surface area contributed by atoms with Gasteiger partial charge in [0.2, 0.25) is 11.9 Å². The van der Waals surface area contributed by atoms with Crippen molar-refractivity contribution < 1.29 is 4.79 Å². The fraction of sp³-hybridized carbons (Fsp3) is 0.545. The second-order valence-corrected chi connectivity index (χ2v) is 4.92. The van der Waals surface area contributed by atoms with Crippen LogP contribution >= 0.6 is 15.9 Å². The number of aromatic nitrogens is 2. The molecule has 1 aromatic rings. The number of carbonyl (C=O) groups excluding carboxylic acids is 1. The van der Waals surface area contributed by atoms with Crippen molar-refractivity contribution in [3.63, 3.8) is 0 Å². The van der Waals surface area contributed by atoms with E-state index in [9.17, 15) is 4.79 Å². The first kappa shape index (κ1) is 13.2. The smallest absolute Gasteiger partial charge is 0.244 e. The van der Waals surface area contributed by atoms with Crippen LogP contribution in [0.2, 0.25) is 0 Å². The number of nitrogens with zero attached hydrogens (tertiary/aromatic N) is 3. The fourth-order valence-corrected chi connectivity index (χ4v) is 2.13. The number of rotatable bonds is 3. The number of hydrogen-bond donors (Lipinski definition) is 2. The topological polar surface area (TPSA) is 70.2 Å². The molecular weight excluding hydrogens is 298 g/mol. The molecular formula is C11H16BrN5O. The lowest BCUT2D eigenvalue weighted by atomic mass is 10.2. The largest absolute Gasteiger partial charge is 0.355 e. The van der Waals surface area contributed by atoms with Gasteiger partial charge in [-0.05, 0) is 22.9 Å². The van der Waals surface area contributed by atoms with Crippen molar-refractivity contribution in [3.05, 3.63) is 16.9 Å². The van der Waals surface area contributed by atoms with Crippen LogP contribution in [0.4, 0.5) is 5.95 Å². The van der Waals surface area contributed by atoms with E-state index < -0.39 is 0 Å². The number of nitrogens with one attached hydrogen (secondary N) is 2. The first-order valence-corrected chi connectivity index (χ1v) is 6.74. The van der Waals surface area contributed by atoms with Gasteiger partial charge in [-0.2, -0.15) is 0 Å². The highest BCUT2D eigenvalue weighted by atomic mass is 79.9. The molecule has 6 nitrogen and oxygen atoms in total. The number of halogens is 1. The third-order valence-corrected chi connectivity index (χ3v) is 3.17. The molecule has 0 saturated carbocycles. The van der Waals surface area contributed by atoms with E-state index in [0.29, 0.717) is 19.0 Å². The minimum absolute atomic E-state index is 0.0104. The van der Waals surface area contributed by atoms with Gasteiger partial charge < -0.3 is 15.5 Å². The van der Waals surface area contributed by atoms with Crippen molar-refractivity contribution >= 4 is 27.8 Å². The van der Waals surface area contributed by atoms with Crippen LogP contribution in [0, 0.1) is 0 Å². The lowest BCUT2D eigenvalue weighted by Gasteiger charge is -2.35. The summed E-state index contributed by atoms with van der Waals surface area (Å²) in [4.78, 5) is 22.4. The van der Waals surface area contributed by atoms with E-state index in [-0.39, 0.29) is 11.9 Å². The summed E-state index contributed by atoms with van der Waals surface area (Å²) in [5.74, 6) is 0.604. The summed E-state index contributed by atoms with van der Waals surface area (Å²) < 4.78 is 0.830. The van der Waals surface area contributed by atoms with Crippen LogP contribution in [-0.4, -0.2) is 48.1 Å². The number of carbonyl (C=O) groups is 1. The molecule has 1 atom stereocenters. The van der Waals surface area contributed by atoms with Crippen molar-refractivity contribution in [3.8, 4) is 0 Å². The van der Waals surface area contributed by atoms with Gasteiger partial charge in [-0.15, -0.1) is 0 Å². The first-order valence-electron chi connectivity index (χ1n) is 5.95. The average molecular weight is 314 g/mol. The summed E-state index contributed by atoms with van der Waals surface area (Å²) in [5, 5.41) is 6.06. The van der Waals surface area contributed by atoms with Gasteiger partial charge in [0.1, 0.15) is 6.04 Å². The van der Waals surface area contributed by atoms with E-state index >= 15 is 0 Å². The van der Waals surface area contributed by atoms with E-state index in [4.69, 9.17) is 0 Å². The van der Waals surface area contributed by atoms with Crippen molar-refractivity contribution in [2.45, 2.75) is 13.0 Å². The second-order valence-electron chi connectivity index (χ2n) is 4.01. The monoisotopic (exact) mass is 313 g/mol. The maximum Gasteiger partial charge on any atom is 0.244 e. The lowest BCUT2D eigenvalue weighted by molar-refractivity contribution is -0.122. The third-order valence-electron chi connectivity index (χ3n) is 2.76. The highest BCUT2D eigenvalue weighted by molar-refractivity contribution is 9.10. The minimum atomic E-state index is -0.250. The van der Waals surface area contributed by atoms with Gasteiger partial charge in [0.25, 0.3) is 0 Å². The van der Waals surface area contributed by atoms with Crippen LogP contribution in [0.25, 0.3) is 0 Å². The SMILES string of the molecule is CCNC(=O)C1CNCCN1c1ncc(Br)cn1. The molecule has 2 rings (SSSR count). The van der Waals surface area contributed by atoms with E-state index in [1.54, 1.807) is 12.4 Å². The zero-order valence-electron chi connectivity index (χ0n) is 10.2. The summed E-state index contributed by atoms with van der Waals surface area (Å²) >= 11 is 3.30. The molecule has 1 saturated heterocycles. The Morgan fingerprint density at radius 2 is 2.33 bits per heavy atom. The maximum absolute atomic E-state index is 12.0. The van der Waals surface area contributed by atoms with Crippen LogP contribution in [0.15, 0.2) is 16.9 Å². The molecule has 1 unspecified atom stereocenters.